The smallest absolute Gasteiger partial charge is 0.311 e. The summed E-state index contributed by atoms with van der Waals surface area (Å²) in [5.41, 5.74) is 1.80. The van der Waals surface area contributed by atoms with Crippen LogP contribution < -0.4 is 5.32 Å². The topological polar surface area (TPSA) is 80.8 Å². The van der Waals surface area contributed by atoms with Crippen molar-refractivity contribution in [1.82, 2.24) is 15.2 Å². The third kappa shape index (κ3) is 7.47. The molecule has 1 fully saturated rings. The van der Waals surface area contributed by atoms with Gasteiger partial charge in [-0.05, 0) is 35.4 Å². The summed E-state index contributed by atoms with van der Waals surface area (Å²) in [6, 6.07) is 10.8. The molecule has 1 saturated heterocycles. The Hall–Kier alpha value is -2.53. The van der Waals surface area contributed by atoms with Crippen molar-refractivity contribution in [2.45, 2.75) is 30.3 Å². The number of thiazole rings is 1. The zero-order chi connectivity index (χ0) is 24.6. The fourth-order valence-electron chi connectivity index (χ4n) is 3.95. The van der Waals surface area contributed by atoms with Crippen LogP contribution in [0.4, 0.5) is 4.39 Å². The Morgan fingerprint density at radius 1 is 1.34 bits per heavy atom. The Balaban J connectivity index is 1.22. The fourth-order valence-corrected chi connectivity index (χ4v) is 5.62. The second-order valence-electron chi connectivity index (χ2n) is 8.19. The number of aromatic nitrogens is 1. The van der Waals surface area contributed by atoms with E-state index >= 15 is 0 Å². The molecule has 1 aliphatic heterocycles. The number of esters is 1. The molecule has 0 bridgehead atoms. The van der Waals surface area contributed by atoms with Gasteiger partial charge in [0.1, 0.15) is 5.82 Å². The lowest BCUT2D eigenvalue weighted by Gasteiger charge is -2.33. The zero-order valence-electron chi connectivity index (χ0n) is 19.5. The Bertz CT molecular complexity index is 1170. The zero-order valence-corrected chi connectivity index (χ0v) is 21.1. The van der Waals surface area contributed by atoms with Gasteiger partial charge in [0.2, 0.25) is 5.91 Å². The van der Waals surface area contributed by atoms with Gasteiger partial charge in [-0.25, -0.2) is 9.37 Å². The van der Waals surface area contributed by atoms with E-state index in [1.807, 2.05) is 23.6 Å². The molecular weight excluding hydrogens is 489 g/mol. The molecule has 4 rings (SSSR count). The molecule has 0 aliphatic carbocycles. The summed E-state index contributed by atoms with van der Waals surface area (Å²) >= 11 is 2.76. The Morgan fingerprint density at radius 2 is 2.23 bits per heavy atom. The highest BCUT2D eigenvalue weighted by molar-refractivity contribution is 8.01. The number of fused-ring (bicyclic) bond motifs is 1. The molecular formula is C25H28FN3O4S2. The van der Waals surface area contributed by atoms with Crippen LogP contribution in [0.2, 0.25) is 0 Å². The van der Waals surface area contributed by atoms with Crippen LogP contribution in [-0.4, -0.2) is 66.5 Å². The molecule has 1 aliphatic rings. The Labute approximate surface area is 212 Å². The number of morpholine rings is 1. The van der Waals surface area contributed by atoms with E-state index in [4.69, 9.17) is 9.47 Å². The first-order valence-corrected chi connectivity index (χ1v) is 13.4. The molecule has 1 atom stereocenters. The number of hydrogen-bond acceptors (Lipinski definition) is 8. The number of benzene rings is 2. The van der Waals surface area contributed by atoms with E-state index in [0.717, 1.165) is 33.8 Å². The highest BCUT2D eigenvalue weighted by Crippen LogP contribution is 2.24. The first-order valence-electron chi connectivity index (χ1n) is 11.5. The van der Waals surface area contributed by atoms with E-state index in [9.17, 15) is 14.0 Å². The number of nitrogens with zero attached hydrogens (tertiary/aromatic N) is 2. The molecule has 1 N–H and O–H groups in total. The number of thioether (sulfide) groups is 1. The molecule has 10 heteroatoms. The van der Waals surface area contributed by atoms with Crippen molar-refractivity contribution in [2.24, 2.45) is 0 Å². The van der Waals surface area contributed by atoms with Crippen LogP contribution in [0.25, 0.3) is 10.8 Å². The van der Waals surface area contributed by atoms with E-state index in [-0.39, 0.29) is 36.0 Å². The minimum Gasteiger partial charge on any atom is -0.466 e. The van der Waals surface area contributed by atoms with Crippen molar-refractivity contribution in [3.8, 4) is 0 Å². The summed E-state index contributed by atoms with van der Waals surface area (Å²) in [5.74, 6) is -0.381. The van der Waals surface area contributed by atoms with Gasteiger partial charge in [-0.2, -0.15) is 0 Å². The van der Waals surface area contributed by atoms with E-state index in [0.29, 0.717) is 32.0 Å². The first-order chi connectivity index (χ1) is 17.0. The van der Waals surface area contributed by atoms with Crippen molar-refractivity contribution in [3.63, 3.8) is 0 Å². The summed E-state index contributed by atoms with van der Waals surface area (Å²) in [6.45, 7) is 5.38. The molecule has 2 heterocycles. The minimum absolute atomic E-state index is 0.0889. The predicted octanol–water partition coefficient (Wildman–Crippen LogP) is 3.65. The van der Waals surface area contributed by atoms with Crippen molar-refractivity contribution in [3.05, 3.63) is 58.9 Å². The largest absolute Gasteiger partial charge is 0.466 e. The fraction of sp³-hybridized carbons (Fsp3) is 0.400. The van der Waals surface area contributed by atoms with Gasteiger partial charge in [0, 0.05) is 31.6 Å². The molecule has 2 aromatic carbocycles. The lowest BCUT2D eigenvalue weighted by molar-refractivity contribution is -0.142. The van der Waals surface area contributed by atoms with Gasteiger partial charge in [0.05, 0.1) is 37.2 Å². The highest BCUT2D eigenvalue weighted by Gasteiger charge is 2.22. The van der Waals surface area contributed by atoms with E-state index in [1.165, 1.54) is 29.2 Å². The lowest BCUT2D eigenvalue weighted by atomic mass is 10.0. The number of amides is 1. The van der Waals surface area contributed by atoms with Crippen molar-refractivity contribution in [2.75, 3.05) is 38.6 Å². The van der Waals surface area contributed by atoms with Crippen molar-refractivity contribution < 1.29 is 23.5 Å². The molecule has 35 heavy (non-hydrogen) atoms. The van der Waals surface area contributed by atoms with Crippen LogP contribution in [-0.2, 0) is 32.0 Å². The third-order valence-corrected chi connectivity index (χ3v) is 7.63. The van der Waals surface area contributed by atoms with Crippen LogP contribution >= 0.6 is 23.1 Å². The maximum Gasteiger partial charge on any atom is 0.311 e. The minimum atomic E-state index is -0.303. The van der Waals surface area contributed by atoms with Crippen molar-refractivity contribution in [1.29, 1.82) is 0 Å². The Morgan fingerprint density at radius 3 is 3.09 bits per heavy atom. The van der Waals surface area contributed by atoms with Crippen molar-refractivity contribution >= 4 is 45.7 Å². The predicted molar refractivity (Wildman–Crippen MR) is 135 cm³/mol. The summed E-state index contributed by atoms with van der Waals surface area (Å²) in [5, 5.41) is 6.71. The van der Waals surface area contributed by atoms with Gasteiger partial charge >= 0.3 is 5.97 Å². The summed E-state index contributed by atoms with van der Waals surface area (Å²) < 4.78 is 25.1. The summed E-state index contributed by atoms with van der Waals surface area (Å²) in [7, 11) is 0. The number of nitrogens with one attached hydrogen (secondary N) is 1. The van der Waals surface area contributed by atoms with Gasteiger partial charge < -0.3 is 14.8 Å². The highest BCUT2D eigenvalue weighted by atomic mass is 32.2. The quantitative estimate of drug-likeness (QED) is 0.325. The number of hydrogen-bond donors (Lipinski definition) is 1. The molecule has 7 nitrogen and oxygen atoms in total. The van der Waals surface area contributed by atoms with Gasteiger partial charge in [0.15, 0.2) is 4.34 Å². The second-order valence-corrected chi connectivity index (χ2v) is 10.3. The van der Waals surface area contributed by atoms with Crippen LogP contribution in [0, 0.1) is 5.82 Å². The maximum absolute atomic E-state index is 13.6. The van der Waals surface area contributed by atoms with Crippen LogP contribution in [0.3, 0.4) is 0 Å². The van der Waals surface area contributed by atoms with Gasteiger partial charge in [-0.1, -0.05) is 36.0 Å². The van der Waals surface area contributed by atoms with Crippen LogP contribution in [0.15, 0.2) is 46.1 Å². The number of carbonyl (C=O) groups excluding carboxylic acids is 2. The molecule has 0 saturated carbocycles. The molecule has 1 aromatic heterocycles. The number of ether oxygens (including phenoxy) is 2. The van der Waals surface area contributed by atoms with E-state index in [1.54, 1.807) is 13.0 Å². The van der Waals surface area contributed by atoms with Gasteiger partial charge in [-0.3, -0.25) is 14.5 Å². The average Bonchev–Trinajstić information content (AvgIpc) is 3.29. The molecule has 0 spiro atoms. The number of carbonyl (C=O) groups is 2. The van der Waals surface area contributed by atoms with Gasteiger partial charge in [-0.15, -0.1) is 11.3 Å². The standard InChI is InChI=1S/C25H28FN3O4S2/c1-2-32-24(31)11-20-15-34-25(28-20)35-16-23(30)27-12-21-14-29(8-9-33-21)13-18-5-3-4-17-10-19(26)6-7-22(17)18/h3-7,10,15,21H,2,8-9,11-14,16H2,1H3,(H,27,30). The van der Waals surface area contributed by atoms with Crippen LogP contribution in [0.1, 0.15) is 18.2 Å². The third-order valence-electron chi connectivity index (χ3n) is 5.56. The lowest BCUT2D eigenvalue weighted by Crippen LogP contribution is -2.47. The maximum atomic E-state index is 13.6. The molecule has 1 unspecified atom stereocenters. The average molecular weight is 518 g/mol. The molecule has 186 valence electrons. The second kappa shape index (κ2) is 12.4. The molecule has 1 amide bonds. The normalized spacial score (nSPS) is 16.3. The SMILES string of the molecule is CCOC(=O)Cc1csc(SCC(=O)NCC2CN(Cc3cccc4cc(F)ccc34)CCO2)n1. The molecule has 0 radical (unpaired) electrons. The van der Waals surface area contributed by atoms with Crippen LogP contribution in [0.5, 0.6) is 0 Å². The summed E-state index contributed by atoms with van der Waals surface area (Å²) in [6.07, 6.45) is 0.0450. The van der Waals surface area contributed by atoms with E-state index < -0.39 is 0 Å². The number of rotatable bonds is 10. The molecule has 3 aromatic rings. The van der Waals surface area contributed by atoms with E-state index in [2.05, 4.69) is 21.3 Å². The monoisotopic (exact) mass is 517 g/mol. The first kappa shape index (κ1) is 25.6. The number of halogens is 1. The van der Waals surface area contributed by atoms with Gasteiger partial charge in [0.25, 0.3) is 0 Å². The summed E-state index contributed by atoms with van der Waals surface area (Å²) in [4.78, 5) is 30.6. The Kier molecular flexibility index (Phi) is 9.08.